The summed E-state index contributed by atoms with van der Waals surface area (Å²) >= 11 is 13.9. The number of aromatic nitrogens is 2. The predicted octanol–water partition coefficient (Wildman–Crippen LogP) is 9.39. The monoisotopic (exact) mass is 610 g/mol. The van der Waals surface area contributed by atoms with Crippen molar-refractivity contribution in [1.82, 2.24) is 14.8 Å². The van der Waals surface area contributed by atoms with Gasteiger partial charge >= 0.3 is 0 Å². The van der Waals surface area contributed by atoms with Crippen molar-refractivity contribution in [2.45, 2.75) is 32.7 Å². The number of nitrogens with zero attached hydrogens (tertiary/aromatic N) is 4. The molecular formula is C34H28Cl2N4OS. The molecule has 7 rings (SSSR count). The van der Waals surface area contributed by atoms with Crippen molar-refractivity contribution in [2.24, 2.45) is 16.9 Å². The van der Waals surface area contributed by atoms with Crippen LogP contribution in [0.3, 0.4) is 0 Å². The number of carbonyl (C=O) groups is 1. The number of halogens is 2. The lowest BCUT2D eigenvalue weighted by atomic mass is 9.73. The number of hydrazone groups is 1. The van der Waals surface area contributed by atoms with Gasteiger partial charge in [-0.2, -0.15) is 10.2 Å². The van der Waals surface area contributed by atoms with E-state index in [0.29, 0.717) is 20.8 Å². The maximum Gasteiger partial charge on any atom is 0.284 e. The Morgan fingerprint density at radius 3 is 2.38 bits per heavy atom. The van der Waals surface area contributed by atoms with Gasteiger partial charge in [-0.1, -0.05) is 72.6 Å². The first-order valence-corrected chi connectivity index (χ1v) is 15.6. The number of amides is 1. The summed E-state index contributed by atoms with van der Waals surface area (Å²) in [5.41, 5.74) is 6.12. The van der Waals surface area contributed by atoms with Crippen LogP contribution in [0.1, 0.15) is 52.3 Å². The minimum absolute atomic E-state index is 0.0772. The lowest BCUT2D eigenvalue weighted by molar-refractivity contribution is 0.0681. The van der Waals surface area contributed by atoms with E-state index in [9.17, 15) is 4.79 Å². The number of hydrogen-bond acceptors (Lipinski definition) is 4. The van der Waals surface area contributed by atoms with Gasteiger partial charge in [0.1, 0.15) is 4.83 Å². The first-order chi connectivity index (χ1) is 20.4. The lowest BCUT2D eigenvalue weighted by Crippen LogP contribution is -2.33. The van der Waals surface area contributed by atoms with Gasteiger partial charge in [0.25, 0.3) is 5.91 Å². The van der Waals surface area contributed by atoms with Crippen molar-refractivity contribution in [3.8, 4) is 5.69 Å². The van der Waals surface area contributed by atoms with Crippen LogP contribution in [0.15, 0.2) is 95.6 Å². The SMILES string of the molecule is Cc1nn(-c2ccccc2)c2sc(C(=O)N3N=C4/C(=C/c5ccc(Cl)cc5)CC(C)CC4C3c3ccc(Cl)cc3)cc12. The Bertz CT molecular complexity index is 1860. The quantitative estimate of drug-likeness (QED) is 0.203. The molecule has 1 amide bonds. The topological polar surface area (TPSA) is 50.5 Å². The molecule has 3 heterocycles. The van der Waals surface area contributed by atoms with Crippen LogP contribution in [-0.2, 0) is 0 Å². The number of fused-ring (bicyclic) bond motifs is 2. The number of hydrogen-bond donors (Lipinski definition) is 0. The van der Waals surface area contributed by atoms with Gasteiger partial charge in [-0.3, -0.25) is 4.79 Å². The Kier molecular flexibility index (Phi) is 7.01. The Balaban J connectivity index is 1.33. The van der Waals surface area contributed by atoms with Gasteiger partial charge in [0.05, 0.1) is 28.0 Å². The van der Waals surface area contributed by atoms with Crippen LogP contribution in [0.25, 0.3) is 22.0 Å². The molecule has 3 aromatic carbocycles. The Hall–Kier alpha value is -3.71. The summed E-state index contributed by atoms with van der Waals surface area (Å²) in [6.45, 7) is 4.26. The van der Waals surface area contributed by atoms with Gasteiger partial charge in [-0.05, 0) is 90.9 Å². The fourth-order valence-electron chi connectivity index (χ4n) is 6.22. The summed E-state index contributed by atoms with van der Waals surface area (Å²) in [4.78, 5) is 16.0. The van der Waals surface area contributed by atoms with Gasteiger partial charge in [-0.25, -0.2) is 9.69 Å². The molecule has 0 saturated heterocycles. The van der Waals surface area contributed by atoms with E-state index in [0.717, 1.165) is 51.3 Å². The van der Waals surface area contributed by atoms with Crippen LogP contribution in [0.4, 0.5) is 0 Å². The summed E-state index contributed by atoms with van der Waals surface area (Å²) in [5.74, 6) is 0.421. The molecule has 2 aromatic heterocycles. The standard InChI is InChI=1S/C34H28Cl2N4OS/c1-20-16-24(18-22-8-12-25(35)13-9-22)31-29(17-20)32(23-10-14-26(36)15-11-23)40(38-31)33(41)30-19-28-21(2)37-39(34(28)42-30)27-6-4-3-5-7-27/h3-15,18-20,29,32H,16-17H2,1-2H3/b24-18+. The third kappa shape index (κ3) is 4.87. The fraction of sp³-hybridized carbons (Fsp3) is 0.206. The van der Waals surface area contributed by atoms with E-state index in [-0.39, 0.29) is 17.9 Å². The van der Waals surface area contributed by atoms with Crippen molar-refractivity contribution in [3.63, 3.8) is 0 Å². The van der Waals surface area contributed by atoms with Gasteiger partial charge in [0, 0.05) is 21.3 Å². The largest absolute Gasteiger partial charge is 0.284 e. The third-order valence-corrected chi connectivity index (χ3v) is 9.75. The molecule has 0 N–H and O–H groups in total. The normalized spacial score (nSPS) is 21.1. The Morgan fingerprint density at radius 2 is 1.67 bits per heavy atom. The maximum atomic E-state index is 14.4. The predicted molar refractivity (Wildman–Crippen MR) is 173 cm³/mol. The van der Waals surface area contributed by atoms with E-state index < -0.39 is 0 Å². The third-order valence-electron chi connectivity index (χ3n) is 8.15. The summed E-state index contributed by atoms with van der Waals surface area (Å²) in [5, 5.41) is 13.9. The molecule has 0 spiro atoms. The molecule has 3 unspecified atom stereocenters. The van der Waals surface area contributed by atoms with E-state index in [1.165, 1.54) is 16.9 Å². The van der Waals surface area contributed by atoms with E-state index in [1.807, 2.05) is 96.5 Å². The van der Waals surface area contributed by atoms with E-state index in [2.05, 4.69) is 13.0 Å². The van der Waals surface area contributed by atoms with Crippen LogP contribution in [-0.4, -0.2) is 26.4 Å². The highest BCUT2D eigenvalue weighted by Gasteiger charge is 2.45. The second kappa shape index (κ2) is 10.8. The number of aryl methyl sites for hydroxylation is 1. The highest BCUT2D eigenvalue weighted by molar-refractivity contribution is 7.20. The van der Waals surface area contributed by atoms with Crippen molar-refractivity contribution < 1.29 is 4.79 Å². The average molecular weight is 612 g/mol. The second-order valence-corrected chi connectivity index (χ2v) is 13.1. The fourth-order valence-corrected chi connectivity index (χ4v) is 7.59. The number of carbonyl (C=O) groups excluding carboxylic acids is 1. The maximum absolute atomic E-state index is 14.4. The molecular weight excluding hydrogens is 583 g/mol. The molecule has 2 aliphatic rings. The van der Waals surface area contributed by atoms with Crippen LogP contribution in [0.5, 0.6) is 0 Å². The van der Waals surface area contributed by atoms with Crippen molar-refractivity contribution >= 4 is 62.5 Å². The van der Waals surface area contributed by atoms with Crippen molar-refractivity contribution in [2.75, 3.05) is 0 Å². The van der Waals surface area contributed by atoms with E-state index in [1.54, 1.807) is 5.01 Å². The first-order valence-electron chi connectivity index (χ1n) is 14.0. The molecule has 8 heteroatoms. The highest BCUT2D eigenvalue weighted by Crippen LogP contribution is 2.47. The highest BCUT2D eigenvalue weighted by atomic mass is 35.5. The molecule has 1 aliphatic carbocycles. The zero-order valence-electron chi connectivity index (χ0n) is 23.2. The molecule has 0 radical (unpaired) electrons. The second-order valence-electron chi connectivity index (χ2n) is 11.2. The molecule has 42 heavy (non-hydrogen) atoms. The number of rotatable bonds is 4. The molecule has 3 atom stereocenters. The number of para-hydroxylation sites is 1. The summed E-state index contributed by atoms with van der Waals surface area (Å²) in [7, 11) is 0. The molecule has 5 nitrogen and oxygen atoms in total. The smallest absolute Gasteiger partial charge is 0.266 e. The molecule has 1 aliphatic heterocycles. The van der Waals surface area contributed by atoms with Gasteiger partial charge in [-0.15, -0.1) is 11.3 Å². The summed E-state index contributed by atoms with van der Waals surface area (Å²) < 4.78 is 1.92. The van der Waals surface area contributed by atoms with Gasteiger partial charge in [0.2, 0.25) is 0 Å². The minimum Gasteiger partial charge on any atom is -0.266 e. The van der Waals surface area contributed by atoms with Gasteiger partial charge < -0.3 is 0 Å². The Labute approximate surface area is 258 Å². The van der Waals surface area contributed by atoms with Crippen LogP contribution >= 0.6 is 34.5 Å². The molecule has 0 bridgehead atoms. The Morgan fingerprint density at radius 1 is 0.976 bits per heavy atom. The molecule has 1 fully saturated rings. The summed E-state index contributed by atoms with van der Waals surface area (Å²) in [6.07, 6.45) is 4.05. The number of benzene rings is 3. The number of allylic oxidation sites excluding steroid dienone is 1. The van der Waals surface area contributed by atoms with Crippen molar-refractivity contribution in [3.05, 3.63) is 122 Å². The number of thiophene rings is 1. The van der Waals surface area contributed by atoms with Crippen molar-refractivity contribution in [1.29, 1.82) is 0 Å². The molecule has 1 saturated carbocycles. The van der Waals surface area contributed by atoms with Crippen LogP contribution < -0.4 is 0 Å². The van der Waals surface area contributed by atoms with Gasteiger partial charge in [0.15, 0.2) is 0 Å². The minimum atomic E-state index is -0.224. The van der Waals surface area contributed by atoms with Crippen LogP contribution in [0, 0.1) is 18.8 Å². The van der Waals surface area contributed by atoms with E-state index >= 15 is 0 Å². The lowest BCUT2D eigenvalue weighted by Gasteiger charge is -2.32. The molecule has 210 valence electrons. The zero-order valence-corrected chi connectivity index (χ0v) is 25.5. The molecule has 5 aromatic rings. The summed E-state index contributed by atoms with van der Waals surface area (Å²) in [6, 6.07) is 27.5. The first kappa shape index (κ1) is 27.1. The van der Waals surface area contributed by atoms with Crippen LogP contribution in [0.2, 0.25) is 10.0 Å². The zero-order chi connectivity index (χ0) is 29.0. The average Bonchev–Trinajstić information content (AvgIpc) is 3.68. The van der Waals surface area contributed by atoms with E-state index in [4.69, 9.17) is 33.4 Å².